The van der Waals surface area contributed by atoms with Crippen LogP contribution >= 0.6 is 11.6 Å². The van der Waals surface area contributed by atoms with Crippen molar-refractivity contribution >= 4 is 17.3 Å². The number of hydrogen-bond donors (Lipinski definition) is 0. The highest BCUT2D eigenvalue weighted by Crippen LogP contribution is 2.37. The van der Waals surface area contributed by atoms with Crippen molar-refractivity contribution < 1.29 is 18.1 Å². The van der Waals surface area contributed by atoms with Crippen LogP contribution < -0.4 is 0 Å². The molecule has 1 atom stereocenters. The molecule has 2 aromatic carbocycles. The molecule has 0 radical (unpaired) electrons. The van der Waals surface area contributed by atoms with Gasteiger partial charge in [0.05, 0.1) is 16.5 Å². The van der Waals surface area contributed by atoms with Crippen LogP contribution in [0.4, 0.5) is 18.9 Å². The second-order valence-corrected chi connectivity index (χ2v) is 7.92. The molecule has 3 aromatic rings. The molecule has 5 nitrogen and oxygen atoms in total. The van der Waals surface area contributed by atoms with Gasteiger partial charge in [-0.25, -0.2) is 0 Å². The molecule has 1 aliphatic rings. The molecule has 0 saturated carbocycles. The van der Waals surface area contributed by atoms with Gasteiger partial charge in [0.25, 0.3) is 5.69 Å². The number of aryl methyl sites for hydroxylation is 1. The van der Waals surface area contributed by atoms with Gasteiger partial charge in [-0.1, -0.05) is 23.7 Å². The van der Waals surface area contributed by atoms with E-state index in [1.165, 1.54) is 30.3 Å². The van der Waals surface area contributed by atoms with Crippen LogP contribution in [0.25, 0.3) is 0 Å². The van der Waals surface area contributed by atoms with Gasteiger partial charge in [-0.15, -0.1) is 0 Å². The Morgan fingerprint density at radius 3 is 2.65 bits per heavy atom. The SMILES string of the molecule is O=[N+]([O-])c1ccc(Cl)c(CN2CCCn3cccc3[C@@H]2c2cccc(C(F)(F)F)c2)c1. The second kappa shape index (κ2) is 8.36. The molecule has 2 heterocycles. The van der Waals surface area contributed by atoms with E-state index in [-0.39, 0.29) is 12.2 Å². The average Bonchev–Trinajstić information content (AvgIpc) is 3.10. The topological polar surface area (TPSA) is 51.3 Å². The van der Waals surface area contributed by atoms with Gasteiger partial charge in [0, 0.05) is 48.7 Å². The Morgan fingerprint density at radius 2 is 1.90 bits per heavy atom. The third-order valence-electron chi connectivity index (χ3n) is 5.50. The summed E-state index contributed by atoms with van der Waals surface area (Å²) < 4.78 is 42.1. The maximum Gasteiger partial charge on any atom is 0.416 e. The molecule has 9 heteroatoms. The van der Waals surface area contributed by atoms with E-state index in [9.17, 15) is 23.3 Å². The Morgan fingerprint density at radius 1 is 1.10 bits per heavy atom. The first-order valence-corrected chi connectivity index (χ1v) is 10.1. The van der Waals surface area contributed by atoms with E-state index in [4.69, 9.17) is 11.6 Å². The zero-order valence-electron chi connectivity index (χ0n) is 16.3. The Bertz CT molecular complexity index is 1110. The van der Waals surface area contributed by atoms with Gasteiger partial charge < -0.3 is 4.57 Å². The number of halogens is 4. The summed E-state index contributed by atoms with van der Waals surface area (Å²) in [7, 11) is 0. The standard InChI is InChI=1S/C22H19ClF3N3O2/c23-19-8-7-18(29(30)31)13-16(19)14-28-11-3-10-27-9-2-6-20(27)21(28)15-4-1-5-17(12-15)22(24,25)26/h1-2,4-9,12-13,21H,3,10-11,14H2/t21-/m0/s1. The summed E-state index contributed by atoms with van der Waals surface area (Å²) in [5.74, 6) is 0. The number of hydrogen-bond acceptors (Lipinski definition) is 3. The summed E-state index contributed by atoms with van der Waals surface area (Å²) in [4.78, 5) is 12.7. The van der Waals surface area contributed by atoms with Gasteiger partial charge in [0.15, 0.2) is 0 Å². The maximum absolute atomic E-state index is 13.4. The first-order chi connectivity index (χ1) is 14.7. The molecule has 0 unspecified atom stereocenters. The Hall–Kier alpha value is -2.84. The number of fused-ring (bicyclic) bond motifs is 1. The Balaban J connectivity index is 1.78. The number of nitrogens with zero attached hydrogens (tertiary/aromatic N) is 3. The summed E-state index contributed by atoms with van der Waals surface area (Å²) in [6, 6.07) is 12.9. The molecule has 0 fully saturated rings. The number of aromatic nitrogens is 1. The fraction of sp³-hybridized carbons (Fsp3) is 0.273. The second-order valence-electron chi connectivity index (χ2n) is 7.51. The third kappa shape index (κ3) is 4.45. The van der Waals surface area contributed by atoms with Crippen LogP contribution in [-0.4, -0.2) is 20.9 Å². The van der Waals surface area contributed by atoms with Crippen LogP contribution in [0.2, 0.25) is 5.02 Å². The van der Waals surface area contributed by atoms with Crippen molar-refractivity contribution in [3.63, 3.8) is 0 Å². The van der Waals surface area contributed by atoms with Crippen molar-refractivity contribution in [2.75, 3.05) is 6.54 Å². The molecular formula is C22H19ClF3N3O2. The zero-order valence-corrected chi connectivity index (χ0v) is 17.1. The van der Waals surface area contributed by atoms with E-state index < -0.39 is 22.7 Å². The highest BCUT2D eigenvalue weighted by Gasteiger charge is 2.33. The molecule has 0 saturated heterocycles. The first kappa shape index (κ1) is 21.4. The van der Waals surface area contributed by atoms with Crippen LogP contribution in [0, 0.1) is 10.1 Å². The minimum atomic E-state index is -4.45. The lowest BCUT2D eigenvalue weighted by atomic mass is 9.98. The molecule has 31 heavy (non-hydrogen) atoms. The number of benzene rings is 2. The molecular weight excluding hydrogens is 431 g/mol. The van der Waals surface area contributed by atoms with Crippen molar-refractivity contribution in [3.05, 3.63) is 98.3 Å². The zero-order chi connectivity index (χ0) is 22.2. The van der Waals surface area contributed by atoms with Crippen LogP contribution in [-0.2, 0) is 19.3 Å². The molecule has 0 aliphatic carbocycles. The van der Waals surface area contributed by atoms with Crippen molar-refractivity contribution in [2.45, 2.75) is 31.7 Å². The Labute approximate surface area is 181 Å². The fourth-order valence-corrected chi connectivity index (χ4v) is 4.27. The minimum absolute atomic E-state index is 0.0757. The number of rotatable bonds is 4. The van der Waals surface area contributed by atoms with E-state index in [2.05, 4.69) is 0 Å². The van der Waals surface area contributed by atoms with Gasteiger partial charge in [0.2, 0.25) is 0 Å². The number of nitro benzene ring substituents is 1. The normalized spacial score (nSPS) is 17.2. The lowest BCUT2D eigenvalue weighted by Crippen LogP contribution is -2.30. The first-order valence-electron chi connectivity index (χ1n) is 9.73. The highest BCUT2D eigenvalue weighted by atomic mass is 35.5. The van der Waals surface area contributed by atoms with E-state index in [0.717, 1.165) is 24.7 Å². The average molecular weight is 450 g/mol. The van der Waals surface area contributed by atoms with E-state index >= 15 is 0 Å². The predicted octanol–water partition coefficient (Wildman–Crippen LogP) is 6.06. The molecule has 1 aromatic heterocycles. The van der Waals surface area contributed by atoms with Crippen LogP contribution in [0.15, 0.2) is 60.8 Å². The molecule has 0 bridgehead atoms. The van der Waals surface area contributed by atoms with Gasteiger partial charge in [-0.05, 0) is 47.9 Å². The molecule has 1 aliphatic heterocycles. The van der Waals surface area contributed by atoms with Crippen molar-refractivity contribution in [1.29, 1.82) is 0 Å². The summed E-state index contributed by atoms with van der Waals surface area (Å²) in [5, 5.41) is 11.6. The quantitative estimate of drug-likeness (QED) is 0.359. The van der Waals surface area contributed by atoms with Crippen molar-refractivity contribution in [3.8, 4) is 0 Å². The number of alkyl halides is 3. The molecule has 0 spiro atoms. The lowest BCUT2D eigenvalue weighted by molar-refractivity contribution is -0.384. The third-order valence-corrected chi connectivity index (χ3v) is 5.87. The van der Waals surface area contributed by atoms with Crippen LogP contribution in [0.1, 0.15) is 34.8 Å². The largest absolute Gasteiger partial charge is 0.416 e. The summed E-state index contributed by atoms with van der Waals surface area (Å²) in [5.41, 5.74) is 1.17. The number of non-ortho nitro benzene ring substituents is 1. The highest BCUT2D eigenvalue weighted by molar-refractivity contribution is 6.31. The van der Waals surface area contributed by atoms with E-state index in [1.54, 1.807) is 6.07 Å². The van der Waals surface area contributed by atoms with Gasteiger partial charge >= 0.3 is 6.18 Å². The van der Waals surface area contributed by atoms with E-state index in [1.807, 2.05) is 27.8 Å². The van der Waals surface area contributed by atoms with Gasteiger partial charge in [-0.3, -0.25) is 15.0 Å². The van der Waals surface area contributed by atoms with Crippen LogP contribution in [0.5, 0.6) is 0 Å². The molecule has 162 valence electrons. The maximum atomic E-state index is 13.4. The minimum Gasteiger partial charge on any atom is -0.350 e. The molecule has 0 N–H and O–H groups in total. The predicted molar refractivity (Wildman–Crippen MR) is 111 cm³/mol. The number of nitro groups is 1. The lowest BCUT2D eigenvalue weighted by Gasteiger charge is -2.31. The molecule has 4 rings (SSSR count). The van der Waals surface area contributed by atoms with Gasteiger partial charge in [-0.2, -0.15) is 13.2 Å². The Kier molecular flexibility index (Phi) is 5.77. The smallest absolute Gasteiger partial charge is 0.350 e. The van der Waals surface area contributed by atoms with Crippen molar-refractivity contribution in [1.82, 2.24) is 9.47 Å². The van der Waals surface area contributed by atoms with Gasteiger partial charge in [0.1, 0.15) is 0 Å². The fourth-order valence-electron chi connectivity index (χ4n) is 4.09. The van der Waals surface area contributed by atoms with Crippen molar-refractivity contribution in [2.24, 2.45) is 0 Å². The van der Waals surface area contributed by atoms with Crippen LogP contribution in [0.3, 0.4) is 0 Å². The summed E-state index contributed by atoms with van der Waals surface area (Å²) >= 11 is 6.32. The summed E-state index contributed by atoms with van der Waals surface area (Å²) in [6.45, 7) is 1.60. The summed E-state index contributed by atoms with van der Waals surface area (Å²) in [6.07, 6.45) is -1.75. The monoisotopic (exact) mass is 449 g/mol. The van der Waals surface area contributed by atoms with E-state index in [0.29, 0.717) is 22.7 Å². The molecule has 0 amide bonds.